The van der Waals surface area contributed by atoms with Gasteiger partial charge in [-0.15, -0.1) is 10.2 Å². The zero-order valence-electron chi connectivity index (χ0n) is 16.6. The van der Waals surface area contributed by atoms with E-state index in [2.05, 4.69) is 27.3 Å². The molecular weight excluding hydrogens is 391 g/mol. The molecule has 2 aromatic rings. The van der Waals surface area contributed by atoms with Crippen molar-refractivity contribution in [3.05, 3.63) is 41.2 Å². The zero-order chi connectivity index (χ0) is 20.0. The third-order valence-corrected chi connectivity index (χ3v) is 6.88. The first-order valence-corrected chi connectivity index (χ1v) is 10.7. The van der Waals surface area contributed by atoms with Crippen molar-refractivity contribution in [2.45, 2.75) is 25.8 Å². The van der Waals surface area contributed by atoms with Crippen LogP contribution in [0.25, 0.3) is 11.3 Å². The molecule has 1 aromatic carbocycles. The van der Waals surface area contributed by atoms with Crippen LogP contribution in [0.1, 0.15) is 19.8 Å². The Bertz CT molecular complexity index is 875. The van der Waals surface area contributed by atoms with Gasteiger partial charge >= 0.3 is 0 Å². The fraction of sp³-hybridized carbons (Fsp3) is 0.545. The zero-order valence-corrected chi connectivity index (χ0v) is 17.3. The summed E-state index contributed by atoms with van der Waals surface area (Å²) in [5.41, 5.74) is 1.50. The second-order valence-electron chi connectivity index (χ2n) is 9.26. The Kier molecular flexibility index (Phi) is 4.96. The van der Waals surface area contributed by atoms with E-state index in [1.807, 2.05) is 12.1 Å². The molecule has 5 nitrogen and oxygen atoms in total. The number of hydrogen-bond donors (Lipinski definition) is 1. The van der Waals surface area contributed by atoms with Crippen LogP contribution >= 0.6 is 11.6 Å². The number of aromatic nitrogens is 2. The van der Waals surface area contributed by atoms with Gasteiger partial charge in [0, 0.05) is 36.7 Å². The molecule has 0 unspecified atom stereocenters. The minimum atomic E-state index is -0.334. The Morgan fingerprint density at radius 1 is 1.17 bits per heavy atom. The number of nitrogens with zero attached hydrogens (tertiary/aromatic N) is 3. The summed E-state index contributed by atoms with van der Waals surface area (Å²) in [6, 6.07) is 8.45. The van der Waals surface area contributed by atoms with Crippen molar-refractivity contribution in [3.8, 4) is 11.3 Å². The molecule has 0 radical (unpaired) electrons. The number of nitrogens with one attached hydrogen (secondary N) is 1. The molecule has 0 bridgehead atoms. The van der Waals surface area contributed by atoms with Crippen LogP contribution in [0.5, 0.6) is 0 Å². The van der Waals surface area contributed by atoms with E-state index in [4.69, 9.17) is 16.3 Å². The second-order valence-corrected chi connectivity index (χ2v) is 9.67. The Morgan fingerprint density at radius 2 is 1.93 bits per heavy atom. The van der Waals surface area contributed by atoms with Crippen molar-refractivity contribution < 1.29 is 9.13 Å². The Morgan fingerprint density at radius 3 is 2.55 bits per heavy atom. The molecule has 2 saturated heterocycles. The summed E-state index contributed by atoms with van der Waals surface area (Å²) in [5, 5.41) is 12.6. The van der Waals surface area contributed by atoms with Crippen LogP contribution in [0.2, 0.25) is 5.02 Å². The van der Waals surface area contributed by atoms with Gasteiger partial charge in [-0.3, -0.25) is 0 Å². The minimum Gasteiger partial charge on any atom is -0.380 e. The van der Waals surface area contributed by atoms with E-state index in [9.17, 15) is 4.39 Å². The SMILES string of the molecule is CC1(CN2C[C@H]3C[C@H](Nc4ccc(-c5cc(F)ccc5Cl)nn4)C[C@H]3C2)COC1. The summed E-state index contributed by atoms with van der Waals surface area (Å²) < 4.78 is 18.9. The van der Waals surface area contributed by atoms with E-state index in [1.54, 1.807) is 6.07 Å². The van der Waals surface area contributed by atoms with Crippen molar-refractivity contribution in [2.75, 3.05) is 38.2 Å². The van der Waals surface area contributed by atoms with Crippen molar-refractivity contribution in [2.24, 2.45) is 17.3 Å². The fourth-order valence-corrected chi connectivity index (χ4v) is 5.40. The topological polar surface area (TPSA) is 50.3 Å². The number of halogens is 2. The summed E-state index contributed by atoms with van der Waals surface area (Å²) in [5.74, 6) is 1.95. The lowest BCUT2D eigenvalue weighted by atomic mass is 9.88. The molecule has 1 aromatic heterocycles. The van der Waals surface area contributed by atoms with E-state index < -0.39 is 0 Å². The van der Waals surface area contributed by atoms with Crippen LogP contribution in [0.4, 0.5) is 10.2 Å². The first kappa shape index (κ1) is 19.2. The van der Waals surface area contributed by atoms with Crippen LogP contribution < -0.4 is 5.32 Å². The van der Waals surface area contributed by atoms with Gasteiger partial charge in [-0.25, -0.2) is 4.39 Å². The number of likely N-dealkylation sites (tertiary alicyclic amines) is 1. The van der Waals surface area contributed by atoms with Gasteiger partial charge in [0.1, 0.15) is 11.6 Å². The lowest BCUT2D eigenvalue weighted by Gasteiger charge is -2.41. The predicted octanol–water partition coefficient (Wildman–Crippen LogP) is 4.09. The first-order valence-electron chi connectivity index (χ1n) is 10.3. The summed E-state index contributed by atoms with van der Waals surface area (Å²) in [6.07, 6.45) is 2.35. The maximum Gasteiger partial charge on any atom is 0.148 e. The van der Waals surface area contributed by atoms with E-state index in [0.717, 1.165) is 37.4 Å². The summed E-state index contributed by atoms with van der Waals surface area (Å²) in [7, 11) is 0. The van der Waals surface area contributed by atoms with Gasteiger partial charge < -0.3 is 15.0 Å². The number of ether oxygens (including phenoxy) is 1. The average molecular weight is 417 g/mol. The van der Waals surface area contributed by atoms with E-state index in [0.29, 0.717) is 27.7 Å². The molecule has 2 aliphatic heterocycles. The lowest BCUT2D eigenvalue weighted by Crippen LogP contribution is -2.48. The second kappa shape index (κ2) is 7.49. The lowest BCUT2D eigenvalue weighted by molar-refractivity contribution is -0.113. The molecular formula is C22H26ClFN4O. The van der Waals surface area contributed by atoms with Gasteiger partial charge in [0.2, 0.25) is 0 Å². The van der Waals surface area contributed by atoms with Gasteiger partial charge in [0.25, 0.3) is 0 Å². The van der Waals surface area contributed by atoms with Crippen molar-refractivity contribution >= 4 is 17.4 Å². The number of anilines is 1. The summed E-state index contributed by atoms with van der Waals surface area (Å²) in [4.78, 5) is 2.63. The molecule has 1 aliphatic carbocycles. The Hall–Kier alpha value is -1.76. The maximum atomic E-state index is 13.5. The van der Waals surface area contributed by atoms with E-state index >= 15 is 0 Å². The van der Waals surface area contributed by atoms with Crippen LogP contribution in [0.15, 0.2) is 30.3 Å². The fourth-order valence-electron chi connectivity index (χ4n) is 5.18. The molecule has 154 valence electrons. The van der Waals surface area contributed by atoms with Crippen LogP contribution in [-0.2, 0) is 4.74 Å². The van der Waals surface area contributed by atoms with Crippen molar-refractivity contribution in [1.82, 2.24) is 15.1 Å². The highest BCUT2D eigenvalue weighted by Gasteiger charge is 2.44. The highest BCUT2D eigenvalue weighted by Crippen LogP contribution is 2.41. The Labute approximate surface area is 175 Å². The summed E-state index contributed by atoms with van der Waals surface area (Å²) >= 11 is 6.17. The molecule has 5 rings (SSSR count). The number of rotatable bonds is 5. The monoisotopic (exact) mass is 416 g/mol. The molecule has 1 saturated carbocycles. The van der Waals surface area contributed by atoms with Gasteiger partial charge in [-0.1, -0.05) is 18.5 Å². The maximum absolute atomic E-state index is 13.5. The van der Waals surface area contributed by atoms with Crippen LogP contribution in [-0.4, -0.2) is 54.0 Å². The number of hydrogen-bond acceptors (Lipinski definition) is 5. The van der Waals surface area contributed by atoms with E-state index in [1.165, 1.54) is 38.1 Å². The van der Waals surface area contributed by atoms with Gasteiger partial charge in [0.05, 0.1) is 23.9 Å². The largest absolute Gasteiger partial charge is 0.380 e. The summed E-state index contributed by atoms with van der Waals surface area (Å²) in [6.45, 7) is 7.68. The third kappa shape index (κ3) is 3.98. The standard InChI is InChI=1S/C22H26ClFN4O/c1-22(12-29-13-22)11-28-9-14-6-17(7-15(14)10-28)25-21-5-4-20(26-27-21)18-8-16(24)2-3-19(18)23/h2-5,8,14-15,17H,6-7,9-13H2,1H3,(H,25,27)/t14-,15+,17+. The van der Waals surface area contributed by atoms with Gasteiger partial charge in [-0.2, -0.15) is 0 Å². The normalized spacial score (nSPS) is 28.2. The predicted molar refractivity (Wildman–Crippen MR) is 111 cm³/mol. The molecule has 0 spiro atoms. The minimum absolute atomic E-state index is 0.334. The molecule has 1 N–H and O–H groups in total. The van der Waals surface area contributed by atoms with Crippen molar-refractivity contribution in [3.63, 3.8) is 0 Å². The Balaban J connectivity index is 1.17. The molecule has 7 heteroatoms. The molecule has 3 fully saturated rings. The molecule has 3 heterocycles. The van der Waals surface area contributed by atoms with E-state index in [-0.39, 0.29) is 5.82 Å². The van der Waals surface area contributed by atoms with Gasteiger partial charge in [0.15, 0.2) is 0 Å². The number of benzene rings is 1. The van der Waals surface area contributed by atoms with Gasteiger partial charge in [-0.05, 0) is 55.0 Å². The van der Waals surface area contributed by atoms with Crippen molar-refractivity contribution in [1.29, 1.82) is 0 Å². The third-order valence-electron chi connectivity index (χ3n) is 6.55. The smallest absolute Gasteiger partial charge is 0.148 e. The molecule has 3 atom stereocenters. The number of fused-ring (bicyclic) bond motifs is 1. The highest BCUT2D eigenvalue weighted by molar-refractivity contribution is 6.33. The van der Waals surface area contributed by atoms with Crippen LogP contribution in [0.3, 0.4) is 0 Å². The first-order chi connectivity index (χ1) is 14.0. The molecule has 0 amide bonds. The average Bonchev–Trinajstić information content (AvgIpc) is 3.21. The van der Waals surface area contributed by atoms with Crippen LogP contribution in [0, 0.1) is 23.1 Å². The molecule has 3 aliphatic rings. The quantitative estimate of drug-likeness (QED) is 0.795. The highest BCUT2D eigenvalue weighted by atomic mass is 35.5. The molecule has 29 heavy (non-hydrogen) atoms.